The van der Waals surface area contributed by atoms with E-state index in [0.717, 1.165) is 18.7 Å². The minimum absolute atomic E-state index is 0.182. The van der Waals surface area contributed by atoms with Crippen LogP contribution in [0, 0.1) is 0 Å². The van der Waals surface area contributed by atoms with Crippen LogP contribution in [0.15, 0.2) is 24.3 Å². The topological polar surface area (TPSA) is 21.3 Å². The third kappa shape index (κ3) is 3.60. The molecule has 0 aromatic heterocycles. The van der Waals surface area contributed by atoms with Crippen molar-refractivity contribution >= 4 is 5.69 Å². The minimum atomic E-state index is -2.76. The highest BCUT2D eigenvalue weighted by molar-refractivity contribution is 5.46. The zero-order chi connectivity index (χ0) is 10.4. The third-order valence-electron chi connectivity index (χ3n) is 1.66. The van der Waals surface area contributed by atoms with Gasteiger partial charge in [0.2, 0.25) is 0 Å². The smallest absolute Gasteiger partial charge is 0.387 e. The Labute approximate surface area is 81.9 Å². The van der Waals surface area contributed by atoms with Crippen LogP contribution >= 0.6 is 0 Å². The maximum absolute atomic E-state index is 11.8. The van der Waals surface area contributed by atoms with E-state index in [2.05, 4.69) is 17.0 Å². The van der Waals surface area contributed by atoms with Gasteiger partial charge in [0.25, 0.3) is 0 Å². The molecule has 0 saturated carbocycles. The molecule has 1 aromatic rings. The molecular weight excluding hydrogens is 188 g/mol. The summed E-state index contributed by atoms with van der Waals surface area (Å²) in [6.07, 6.45) is 1.02. The molecule has 1 N–H and O–H groups in total. The van der Waals surface area contributed by atoms with Crippen molar-refractivity contribution in [3.63, 3.8) is 0 Å². The summed E-state index contributed by atoms with van der Waals surface area (Å²) in [5.41, 5.74) is 0.911. The monoisotopic (exact) mass is 201 g/mol. The summed E-state index contributed by atoms with van der Waals surface area (Å²) in [7, 11) is 0. The molecule has 0 saturated heterocycles. The van der Waals surface area contributed by atoms with Crippen LogP contribution in [0.3, 0.4) is 0 Å². The van der Waals surface area contributed by atoms with Crippen molar-refractivity contribution in [2.75, 3.05) is 11.9 Å². The van der Waals surface area contributed by atoms with Gasteiger partial charge in [0.1, 0.15) is 5.75 Å². The van der Waals surface area contributed by atoms with Crippen LogP contribution in [0.25, 0.3) is 0 Å². The van der Waals surface area contributed by atoms with Crippen molar-refractivity contribution in [1.82, 2.24) is 0 Å². The van der Waals surface area contributed by atoms with Crippen molar-refractivity contribution in [2.24, 2.45) is 0 Å². The van der Waals surface area contributed by atoms with E-state index in [4.69, 9.17) is 0 Å². The second kappa shape index (κ2) is 5.42. The van der Waals surface area contributed by atoms with E-state index in [9.17, 15) is 8.78 Å². The first-order valence-corrected chi connectivity index (χ1v) is 4.51. The van der Waals surface area contributed by atoms with Crippen LogP contribution in [-0.2, 0) is 0 Å². The third-order valence-corrected chi connectivity index (χ3v) is 1.66. The number of anilines is 1. The molecule has 1 rings (SSSR count). The average Bonchev–Trinajstić information content (AvgIpc) is 2.16. The predicted octanol–water partition coefficient (Wildman–Crippen LogP) is 3.11. The van der Waals surface area contributed by atoms with Gasteiger partial charge in [0, 0.05) is 12.2 Å². The van der Waals surface area contributed by atoms with Gasteiger partial charge in [-0.1, -0.05) is 6.92 Å². The van der Waals surface area contributed by atoms with Crippen LogP contribution in [0.1, 0.15) is 13.3 Å². The second-order valence-corrected chi connectivity index (χ2v) is 2.83. The van der Waals surface area contributed by atoms with Gasteiger partial charge in [0.05, 0.1) is 0 Å². The fourth-order valence-corrected chi connectivity index (χ4v) is 1.02. The lowest BCUT2D eigenvalue weighted by atomic mass is 10.3. The Balaban J connectivity index is 2.50. The maximum atomic E-state index is 11.8. The summed E-state index contributed by atoms with van der Waals surface area (Å²) >= 11 is 0. The van der Waals surface area contributed by atoms with Crippen LogP contribution < -0.4 is 10.1 Å². The molecule has 14 heavy (non-hydrogen) atoms. The molecule has 0 unspecified atom stereocenters. The summed E-state index contributed by atoms with van der Waals surface area (Å²) in [6.45, 7) is 0.167. The number of ether oxygens (including phenoxy) is 1. The van der Waals surface area contributed by atoms with Gasteiger partial charge in [-0.3, -0.25) is 0 Å². The number of hydrogen-bond donors (Lipinski definition) is 1. The van der Waals surface area contributed by atoms with Crippen molar-refractivity contribution in [2.45, 2.75) is 20.0 Å². The van der Waals surface area contributed by atoms with E-state index in [0.29, 0.717) is 0 Å². The van der Waals surface area contributed by atoms with E-state index >= 15 is 0 Å². The molecule has 0 fully saturated rings. The lowest BCUT2D eigenvalue weighted by molar-refractivity contribution is -0.0498. The number of halogens is 2. The summed E-state index contributed by atoms with van der Waals surface area (Å²) < 4.78 is 27.8. The molecule has 0 bridgehead atoms. The van der Waals surface area contributed by atoms with Gasteiger partial charge in [-0.2, -0.15) is 8.78 Å². The normalized spacial score (nSPS) is 10.3. The average molecular weight is 201 g/mol. The molecule has 0 aliphatic heterocycles. The lowest BCUT2D eigenvalue weighted by Crippen LogP contribution is -2.02. The SMILES string of the molecule is CCCNc1ccc(OC(F)F)cc1. The Morgan fingerprint density at radius 3 is 2.43 bits per heavy atom. The standard InChI is InChI=1S/C10H13F2NO/c1-2-7-13-8-3-5-9(6-4-8)14-10(11)12/h3-6,10,13H,2,7H2,1H3. The van der Waals surface area contributed by atoms with Gasteiger partial charge in [-0.05, 0) is 30.7 Å². The number of benzene rings is 1. The molecule has 78 valence electrons. The zero-order valence-electron chi connectivity index (χ0n) is 7.97. The van der Waals surface area contributed by atoms with Gasteiger partial charge < -0.3 is 10.1 Å². The van der Waals surface area contributed by atoms with Crippen LogP contribution in [0.4, 0.5) is 14.5 Å². The molecule has 4 heteroatoms. The van der Waals surface area contributed by atoms with Crippen molar-refractivity contribution in [1.29, 1.82) is 0 Å². The van der Waals surface area contributed by atoms with Crippen molar-refractivity contribution in [3.8, 4) is 5.75 Å². The van der Waals surface area contributed by atoms with Gasteiger partial charge in [-0.25, -0.2) is 0 Å². The first-order chi connectivity index (χ1) is 6.72. The molecule has 2 nitrogen and oxygen atoms in total. The first-order valence-electron chi connectivity index (χ1n) is 4.51. The fourth-order valence-electron chi connectivity index (χ4n) is 1.02. The Hall–Kier alpha value is -1.32. The molecule has 1 aromatic carbocycles. The van der Waals surface area contributed by atoms with E-state index < -0.39 is 6.61 Å². The Morgan fingerprint density at radius 1 is 1.29 bits per heavy atom. The summed E-state index contributed by atoms with van der Waals surface area (Å²) in [5, 5.41) is 3.13. The van der Waals surface area contributed by atoms with Crippen LogP contribution in [0.5, 0.6) is 5.75 Å². The molecule has 0 amide bonds. The second-order valence-electron chi connectivity index (χ2n) is 2.83. The van der Waals surface area contributed by atoms with Crippen LogP contribution in [0.2, 0.25) is 0 Å². The van der Waals surface area contributed by atoms with Gasteiger partial charge in [0.15, 0.2) is 0 Å². The lowest BCUT2D eigenvalue weighted by Gasteiger charge is -2.06. The first kappa shape index (κ1) is 10.8. The van der Waals surface area contributed by atoms with E-state index in [-0.39, 0.29) is 5.75 Å². The number of alkyl halides is 2. The molecule has 0 heterocycles. The minimum Gasteiger partial charge on any atom is -0.435 e. The van der Waals surface area contributed by atoms with E-state index in [1.54, 1.807) is 12.1 Å². The highest BCUT2D eigenvalue weighted by Gasteiger charge is 2.02. The van der Waals surface area contributed by atoms with Gasteiger partial charge >= 0.3 is 6.61 Å². The van der Waals surface area contributed by atoms with Crippen molar-refractivity contribution in [3.05, 3.63) is 24.3 Å². The molecule has 0 aliphatic rings. The van der Waals surface area contributed by atoms with Crippen molar-refractivity contribution < 1.29 is 13.5 Å². The van der Waals surface area contributed by atoms with Gasteiger partial charge in [-0.15, -0.1) is 0 Å². The molecule has 0 aliphatic carbocycles. The van der Waals surface area contributed by atoms with E-state index in [1.807, 2.05) is 0 Å². The van der Waals surface area contributed by atoms with Crippen LogP contribution in [-0.4, -0.2) is 13.2 Å². The zero-order valence-corrected chi connectivity index (χ0v) is 7.97. The summed E-state index contributed by atoms with van der Waals surface area (Å²) in [5.74, 6) is 0.182. The molecule has 0 radical (unpaired) electrons. The largest absolute Gasteiger partial charge is 0.435 e. The molecule has 0 atom stereocenters. The molecule has 0 spiro atoms. The summed E-state index contributed by atoms with van der Waals surface area (Å²) in [6, 6.07) is 6.47. The Bertz CT molecular complexity index is 261. The summed E-state index contributed by atoms with van der Waals surface area (Å²) in [4.78, 5) is 0. The quantitative estimate of drug-likeness (QED) is 0.790. The Kier molecular flexibility index (Phi) is 4.16. The fraction of sp³-hybridized carbons (Fsp3) is 0.400. The predicted molar refractivity (Wildman–Crippen MR) is 51.9 cm³/mol. The van der Waals surface area contributed by atoms with E-state index in [1.165, 1.54) is 12.1 Å². The number of rotatable bonds is 5. The highest BCUT2D eigenvalue weighted by Crippen LogP contribution is 2.17. The number of nitrogens with one attached hydrogen (secondary N) is 1. The molecular formula is C10H13F2NO. The Morgan fingerprint density at radius 2 is 1.93 bits per heavy atom. The number of hydrogen-bond acceptors (Lipinski definition) is 2. The highest BCUT2D eigenvalue weighted by atomic mass is 19.3. The maximum Gasteiger partial charge on any atom is 0.387 e.